The third-order valence-electron chi connectivity index (χ3n) is 4.27. The molecule has 0 aliphatic heterocycles. The number of nitrogens with zero attached hydrogens (tertiary/aromatic N) is 1. The fourth-order valence-corrected chi connectivity index (χ4v) is 3.18. The highest BCUT2D eigenvalue weighted by Crippen LogP contribution is 2.35. The van der Waals surface area contributed by atoms with Gasteiger partial charge in [-0.15, -0.1) is 0 Å². The van der Waals surface area contributed by atoms with Crippen molar-refractivity contribution in [3.63, 3.8) is 0 Å². The highest BCUT2D eigenvalue weighted by atomic mass is 14.3. The van der Waals surface area contributed by atoms with Crippen LogP contribution in [0.15, 0.2) is 42.5 Å². The van der Waals surface area contributed by atoms with Gasteiger partial charge in [0.1, 0.15) is 0 Å². The Morgan fingerprint density at radius 1 is 0.950 bits per heavy atom. The van der Waals surface area contributed by atoms with Crippen molar-refractivity contribution >= 4 is 0 Å². The zero-order valence-electron chi connectivity index (χ0n) is 11.6. The second kappa shape index (κ2) is 5.92. The van der Waals surface area contributed by atoms with E-state index in [1.165, 1.54) is 37.7 Å². The van der Waals surface area contributed by atoms with Crippen molar-refractivity contribution < 1.29 is 0 Å². The molecule has 0 amide bonds. The largest absolute Gasteiger partial charge is 0.192 e. The van der Waals surface area contributed by atoms with Crippen LogP contribution >= 0.6 is 0 Å². The van der Waals surface area contributed by atoms with Crippen LogP contribution in [0.3, 0.4) is 0 Å². The summed E-state index contributed by atoms with van der Waals surface area (Å²) in [5.41, 5.74) is 4.37. The summed E-state index contributed by atoms with van der Waals surface area (Å²) in [4.78, 5) is 0. The van der Waals surface area contributed by atoms with Crippen LogP contribution in [0.1, 0.15) is 49.1 Å². The normalized spacial score (nSPS) is 15.8. The molecule has 1 aliphatic rings. The van der Waals surface area contributed by atoms with Crippen molar-refractivity contribution in [2.24, 2.45) is 0 Å². The minimum absolute atomic E-state index is 0.580. The topological polar surface area (TPSA) is 23.8 Å². The van der Waals surface area contributed by atoms with Gasteiger partial charge in [0.05, 0.1) is 11.6 Å². The number of benzene rings is 2. The van der Waals surface area contributed by atoms with E-state index in [2.05, 4.69) is 24.3 Å². The number of hydrogen-bond donors (Lipinski definition) is 0. The second-order valence-electron chi connectivity index (χ2n) is 5.54. The average molecular weight is 260 g/mol. The maximum Gasteiger partial charge on any atom is 0.0994 e. The van der Waals surface area contributed by atoms with Crippen LogP contribution in [-0.2, 0) is 0 Å². The zero-order chi connectivity index (χ0) is 13.8. The molecule has 99 valence electrons. The summed E-state index contributed by atoms with van der Waals surface area (Å²) in [7, 11) is 0. The quantitative estimate of drug-likeness (QED) is 0.739. The fraction of sp³-hybridized carbons (Fsp3) is 0.316. The van der Waals surface area contributed by atoms with Gasteiger partial charge >= 0.3 is 0 Å². The van der Waals surface area contributed by atoms with Crippen molar-refractivity contribution in [2.45, 2.75) is 38.0 Å². The molecule has 1 aliphatic carbocycles. The van der Waals surface area contributed by atoms with E-state index >= 15 is 0 Å². The molecule has 1 nitrogen and oxygen atoms in total. The Bertz CT molecular complexity index is 616. The molecule has 1 fully saturated rings. The third-order valence-corrected chi connectivity index (χ3v) is 4.27. The van der Waals surface area contributed by atoms with Gasteiger partial charge in [-0.3, -0.25) is 0 Å². The molecule has 20 heavy (non-hydrogen) atoms. The number of rotatable bonds is 2. The molecule has 1 radical (unpaired) electrons. The molecule has 1 saturated carbocycles. The molecule has 0 aromatic heterocycles. The molecule has 3 rings (SSSR count). The van der Waals surface area contributed by atoms with E-state index in [1.54, 1.807) is 0 Å². The molecule has 0 atom stereocenters. The van der Waals surface area contributed by atoms with E-state index < -0.39 is 0 Å². The summed E-state index contributed by atoms with van der Waals surface area (Å²) in [5.74, 6) is 0.580. The molecule has 2 aromatic rings. The Balaban J connectivity index is 1.96. The van der Waals surface area contributed by atoms with E-state index in [9.17, 15) is 5.26 Å². The first-order valence-corrected chi connectivity index (χ1v) is 7.39. The van der Waals surface area contributed by atoms with Crippen LogP contribution in [0.5, 0.6) is 0 Å². The Kier molecular flexibility index (Phi) is 3.83. The van der Waals surface area contributed by atoms with Crippen LogP contribution in [0.2, 0.25) is 0 Å². The standard InChI is InChI=1S/C19H18N/c20-14-18-13-17(15-7-3-1-4-8-15)11-12-19(18)16-9-5-2-6-10-16/h3-4,7-8,11-13,16H,2,5-6,9-10H2. The van der Waals surface area contributed by atoms with Crippen LogP contribution < -0.4 is 0 Å². The zero-order valence-corrected chi connectivity index (χ0v) is 11.6. The molecule has 1 heteroatoms. The molecule has 0 heterocycles. The molecular formula is C19H18N. The lowest BCUT2D eigenvalue weighted by Crippen LogP contribution is -2.06. The summed E-state index contributed by atoms with van der Waals surface area (Å²) in [6.45, 7) is 0. The molecular weight excluding hydrogens is 242 g/mol. The number of nitriles is 1. The fourth-order valence-electron chi connectivity index (χ4n) is 3.18. The predicted octanol–water partition coefficient (Wildman–Crippen LogP) is 5.07. The van der Waals surface area contributed by atoms with Gasteiger partial charge in [-0.1, -0.05) is 55.7 Å². The van der Waals surface area contributed by atoms with Gasteiger partial charge in [0.2, 0.25) is 0 Å². The maximum absolute atomic E-state index is 9.46. The average Bonchev–Trinajstić information content (AvgIpc) is 2.56. The Morgan fingerprint density at radius 2 is 1.70 bits per heavy atom. The van der Waals surface area contributed by atoms with Gasteiger partial charge in [-0.2, -0.15) is 5.26 Å². The Hall–Kier alpha value is -2.07. The summed E-state index contributed by atoms with van der Waals surface area (Å²) in [6.07, 6.45) is 6.40. The smallest absolute Gasteiger partial charge is 0.0994 e. The summed E-state index contributed by atoms with van der Waals surface area (Å²) in [5, 5.41) is 9.46. The maximum atomic E-state index is 9.46. The molecule has 0 spiro atoms. The van der Waals surface area contributed by atoms with Crippen molar-refractivity contribution in [1.82, 2.24) is 0 Å². The van der Waals surface area contributed by atoms with E-state index in [0.29, 0.717) is 5.92 Å². The number of hydrogen-bond acceptors (Lipinski definition) is 1. The SMILES string of the molecule is N#Cc1cc(-c2cc[c]cc2)ccc1C1CCCCC1. The van der Waals surface area contributed by atoms with E-state index in [1.807, 2.05) is 30.3 Å². The van der Waals surface area contributed by atoms with E-state index in [0.717, 1.165) is 16.7 Å². The highest BCUT2D eigenvalue weighted by molar-refractivity contribution is 5.66. The minimum atomic E-state index is 0.580. The van der Waals surface area contributed by atoms with Crippen LogP contribution in [0.25, 0.3) is 11.1 Å². The van der Waals surface area contributed by atoms with Crippen LogP contribution in [-0.4, -0.2) is 0 Å². The van der Waals surface area contributed by atoms with Crippen molar-refractivity contribution in [2.75, 3.05) is 0 Å². The lowest BCUT2D eigenvalue weighted by molar-refractivity contribution is 0.443. The molecule has 2 aromatic carbocycles. The predicted molar refractivity (Wildman–Crippen MR) is 81.3 cm³/mol. The monoisotopic (exact) mass is 260 g/mol. The lowest BCUT2D eigenvalue weighted by atomic mass is 9.81. The second-order valence-corrected chi connectivity index (χ2v) is 5.54. The van der Waals surface area contributed by atoms with Crippen LogP contribution in [0.4, 0.5) is 0 Å². The molecule has 0 N–H and O–H groups in total. The van der Waals surface area contributed by atoms with E-state index in [4.69, 9.17) is 0 Å². The van der Waals surface area contributed by atoms with Gasteiger partial charge in [0, 0.05) is 0 Å². The lowest BCUT2D eigenvalue weighted by Gasteiger charge is -2.23. The Morgan fingerprint density at radius 3 is 2.40 bits per heavy atom. The van der Waals surface area contributed by atoms with E-state index in [-0.39, 0.29) is 0 Å². The van der Waals surface area contributed by atoms with Gasteiger partial charge in [-0.25, -0.2) is 0 Å². The van der Waals surface area contributed by atoms with Crippen molar-refractivity contribution in [3.05, 3.63) is 59.7 Å². The molecule has 0 unspecified atom stereocenters. The minimum Gasteiger partial charge on any atom is -0.192 e. The third kappa shape index (κ3) is 2.60. The summed E-state index contributed by atoms with van der Waals surface area (Å²) < 4.78 is 0. The van der Waals surface area contributed by atoms with Gasteiger partial charge in [-0.05, 0) is 47.6 Å². The van der Waals surface area contributed by atoms with Gasteiger partial charge < -0.3 is 0 Å². The summed E-state index contributed by atoms with van der Waals surface area (Å²) in [6, 6.07) is 19.7. The van der Waals surface area contributed by atoms with Gasteiger partial charge in [0.25, 0.3) is 0 Å². The van der Waals surface area contributed by atoms with Crippen molar-refractivity contribution in [3.8, 4) is 17.2 Å². The van der Waals surface area contributed by atoms with Gasteiger partial charge in [0.15, 0.2) is 0 Å². The summed E-state index contributed by atoms with van der Waals surface area (Å²) >= 11 is 0. The highest BCUT2D eigenvalue weighted by Gasteiger charge is 2.18. The molecule has 0 saturated heterocycles. The van der Waals surface area contributed by atoms with Crippen LogP contribution in [0, 0.1) is 17.4 Å². The first-order chi connectivity index (χ1) is 9.88. The van der Waals surface area contributed by atoms with Crippen molar-refractivity contribution in [1.29, 1.82) is 5.26 Å². The first kappa shape index (κ1) is 12.9. The first-order valence-electron chi connectivity index (χ1n) is 7.39. The molecule has 0 bridgehead atoms. The Labute approximate surface area is 120 Å².